The van der Waals surface area contributed by atoms with Gasteiger partial charge < -0.3 is 5.32 Å². The minimum absolute atomic E-state index is 0.473. The second-order valence-electron chi connectivity index (χ2n) is 3.97. The van der Waals surface area contributed by atoms with Crippen LogP contribution in [0.5, 0.6) is 0 Å². The molecule has 1 aromatic carbocycles. The molecule has 0 aliphatic carbocycles. The highest BCUT2D eigenvalue weighted by Gasteiger charge is 2.02. The highest BCUT2D eigenvalue weighted by atomic mass is 15.1. The molecule has 1 aromatic heterocycles. The molecule has 2 rings (SSSR count). The van der Waals surface area contributed by atoms with E-state index in [0.717, 1.165) is 11.3 Å². The van der Waals surface area contributed by atoms with Gasteiger partial charge in [-0.05, 0) is 31.0 Å². The topological polar surface area (TPSA) is 73.6 Å². The Balaban J connectivity index is 2.26. The molecule has 0 aliphatic heterocycles. The van der Waals surface area contributed by atoms with Gasteiger partial charge in [-0.1, -0.05) is 12.1 Å². The van der Waals surface area contributed by atoms with Crippen molar-refractivity contribution in [3.05, 3.63) is 41.7 Å². The Bertz CT molecular complexity index is 601. The van der Waals surface area contributed by atoms with E-state index in [2.05, 4.69) is 32.7 Å². The van der Waals surface area contributed by atoms with Crippen LogP contribution >= 0.6 is 0 Å². The lowest BCUT2D eigenvalue weighted by molar-refractivity contribution is 1.16. The fraction of sp³-hybridized carbons (Fsp3) is 0.154. The molecule has 0 radical (unpaired) electrons. The maximum atomic E-state index is 8.54. The van der Waals surface area contributed by atoms with Gasteiger partial charge in [-0.3, -0.25) is 5.32 Å². The molecule has 5 nitrogen and oxygen atoms in total. The third-order valence-corrected chi connectivity index (χ3v) is 2.51. The standard InChI is InChI=1S/C13H13N5/c1-9-3-4-10(2)11(5-9)18-13-6-12(15-7-14)16-8-17-13/h3-6,8H,1-2H3,(H2,15,16,17,18). The van der Waals surface area contributed by atoms with Crippen LogP contribution in [0.1, 0.15) is 11.1 Å². The first-order chi connectivity index (χ1) is 8.69. The smallest absolute Gasteiger partial charge is 0.182 e. The van der Waals surface area contributed by atoms with E-state index in [4.69, 9.17) is 5.26 Å². The number of rotatable bonds is 3. The zero-order valence-corrected chi connectivity index (χ0v) is 10.2. The number of anilines is 3. The number of hydrogen-bond acceptors (Lipinski definition) is 5. The van der Waals surface area contributed by atoms with Gasteiger partial charge in [0.2, 0.25) is 0 Å². The Hall–Kier alpha value is -2.61. The van der Waals surface area contributed by atoms with E-state index in [1.165, 1.54) is 11.9 Å². The molecular formula is C13H13N5. The lowest BCUT2D eigenvalue weighted by Gasteiger charge is -2.10. The van der Waals surface area contributed by atoms with E-state index in [9.17, 15) is 0 Å². The lowest BCUT2D eigenvalue weighted by Crippen LogP contribution is -1.99. The Labute approximate surface area is 106 Å². The highest BCUT2D eigenvalue weighted by Crippen LogP contribution is 2.21. The molecule has 0 aliphatic rings. The van der Waals surface area contributed by atoms with Crippen LogP contribution in [-0.2, 0) is 0 Å². The largest absolute Gasteiger partial charge is 0.340 e. The number of nitriles is 1. The molecule has 5 heteroatoms. The van der Waals surface area contributed by atoms with E-state index in [1.54, 1.807) is 6.07 Å². The van der Waals surface area contributed by atoms with E-state index in [1.807, 2.05) is 26.1 Å². The monoisotopic (exact) mass is 239 g/mol. The molecule has 2 aromatic rings. The highest BCUT2D eigenvalue weighted by molar-refractivity contribution is 5.63. The van der Waals surface area contributed by atoms with Crippen LogP contribution in [0.25, 0.3) is 0 Å². The van der Waals surface area contributed by atoms with Gasteiger partial charge in [-0.2, -0.15) is 5.26 Å². The van der Waals surface area contributed by atoms with Crippen molar-refractivity contribution >= 4 is 17.3 Å². The third-order valence-electron chi connectivity index (χ3n) is 2.51. The molecule has 0 spiro atoms. The quantitative estimate of drug-likeness (QED) is 0.636. The lowest BCUT2D eigenvalue weighted by atomic mass is 10.1. The van der Waals surface area contributed by atoms with Crippen molar-refractivity contribution in [3.63, 3.8) is 0 Å². The number of nitrogens with zero attached hydrogens (tertiary/aromatic N) is 3. The average molecular weight is 239 g/mol. The Kier molecular flexibility index (Phi) is 3.39. The predicted molar refractivity (Wildman–Crippen MR) is 70.5 cm³/mol. The molecule has 0 saturated carbocycles. The van der Waals surface area contributed by atoms with Crippen LogP contribution in [0.15, 0.2) is 30.6 Å². The van der Waals surface area contributed by atoms with E-state index < -0.39 is 0 Å². The van der Waals surface area contributed by atoms with Gasteiger partial charge in [0, 0.05) is 11.8 Å². The summed E-state index contributed by atoms with van der Waals surface area (Å²) in [5, 5.41) is 14.2. The fourth-order valence-corrected chi connectivity index (χ4v) is 1.56. The molecule has 0 amide bonds. The molecule has 0 unspecified atom stereocenters. The molecule has 0 saturated heterocycles. The van der Waals surface area contributed by atoms with Gasteiger partial charge in [0.05, 0.1) is 0 Å². The van der Waals surface area contributed by atoms with Crippen molar-refractivity contribution in [2.75, 3.05) is 10.6 Å². The maximum Gasteiger partial charge on any atom is 0.182 e. The van der Waals surface area contributed by atoms with Crippen molar-refractivity contribution in [2.24, 2.45) is 0 Å². The van der Waals surface area contributed by atoms with E-state index in [0.29, 0.717) is 11.6 Å². The number of nitrogens with one attached hydrogen (secondary N) is 2. The van der Waals surface area contributed by atoms with Crippen LogP contribution in [-0.4, -0.2) is 9.97 Å². The number of aromatic nitrogens is 2. The zero-order valence-electron chi connectivity index (χ0n) is 10.2. The van der Waals surface area contributed by atoms with Gasteiger partial charge in [-0.15, -0.1) is 0 Å². The third kappa shape index (κ3) is 2.74. The summed E-state index contributed by atoms with van der Waals surface area (Å²) in [6.07, 6.45) is 3.24. The summed E-state index contributed by atoms with van der Waals surface area (Å²) in [7, 11) is 0. The van der Waals surface area contributed by atoms with Crippen molar-refractivity contribution in [3.8, 4) is 6.19 Å². The summed E-state index contributed by atoms with van der Waals surface area (Å²) in [5.74, 6) is 1.12. The van der Waals surface area contributed by atoms with Crippen LogP contribution < -0.4 is 10.6 Å². The van der Waals surface area contributed by atoms with Gasteiger partial charge >= 0.3 is 0 Å². The van der Waals surface area contributed by atoms with Crippen LogP contribution in [0.3, 0.4) is 0 Å². The zero-order chi connectivity index (χ0) is 13.0. The van der Waals surface area contributed by atoms with Crippen molar-refractivity contribution in [1.82, 2.24) is 9.97 Å². The van der Waals surface area contributed by atoms with Crippen LogP contribution in [0.4, 0.5) is 17.3 Å². The van der Waals surface area contributed by atoms with Crippen molar-refractivity contribution < 1.29 is 0 Å². The molecular weight excluding hydrogens is 226 g/mol. The Morgan fingerprint density at radius 2 is 1.89 bits per heavy atom. The number of hydrogen-bond donors (Lipinski definition) is 2. The SMILES string of the molecule is Cc1ccc(C)c(Nc2cc(NC#N)ncn2)c1. The molecule has 2 N–H and O–H groups in total. The van der Waals surface area contributed by atoms with Crippen LogP contribution in [0, 0.1) is 25.3 Å². The molecule has 0 atom stereocenters. The second-order valence-corrected chi connectivity index (χ2v) is 3.97. The molecule has 0 bridgehead atoms. The average Bonchev–Trinajstić information content (AvgIpc) is 2.35. The fourth-order valence-electron chi connectivity index (χ4n) is 1.56. The number of benzene rings is 1. The summed E-state index contributed by atoms with van der Waals surface area (Å²) in [4.78, 5) is 8.04. The maximum absolute atomic E-state index is 8.54. The minimum atomic E-state index is 0.473. The van der Waals surface area contributed by atoms with Gasteiger partial charge in [0.15, 0.2) is 6.19 Å². The molecule has 90 valence electrons. The summed E-state index contributed by atoms with van der Waals surface area (Å²) in [6, 6.07) is 7.84. The molecule has 18 heavy (non-hydrogen) atoms. The normalized spacial score (nSPS) is 9.61. The van der Waals surface area contributed by atoms with Gasteiger partial charge in [0.1, 0.15) is 18.0 Å². The van der Waals surface area contributed by atoms with E-state index >= 15 is 0 Å². The van der Waals surface area contributed by atoms with Gasteiger partial charge in [-0.25, -0.2) is 9.97 Å². The Morgan fingerprint density at radius 1 is 1.11 bits per heavy atom. The van der Waals surface area contributed by atoms with Crippen LogP contribution in [0.2, 0.25) is 0 Å². The summed E-state index contributed by atoms with van der Waals surface area (Å²) < 4.78 is 0. The Morgan fingerprint density at radius 3 is 2.67 bits per heavy atom. The minimum Gasteiger partial charge on any atom is -0.340 e. The van der Waals surface area contributed by atoms with E-state index in [-0.39, 0.29) is 0 Å². The summed E-state index contributed by atoms with van der Waals surface area (Å²) in [5.41, 5.74) is 3.30. The first-order valence-electron chi connectivity index (χ1n) is 5.50. The molecule has 1 heterocycles. The number of aryl methyl sites for hydroxylation is 2. The first-order valence-corrected chi connectivity index (χ1v) is 5.50. The van der Waals surface area contributed by atoms with Crippen molar-refractivity contribution in [2.45, 2.75) is 13.8 Å². The first kappa shape index (κ1) is 11.9. The summed E-state index contributed by atoms with van der Waals surface area (Å²) in [6.45, 7) is 4.06. The van der Waals surface area contributed by atoms with Gasteiger partial charge in [0.25, 0.3) is 0 Å². The second kappa shape index (κ2) is 5.15. The predicted octanol–water partition coefficient (Wildman–Crippen LogP) is 2.73. The molecule has 0 fully saturated rings. The summed E-state index contributed by atoms with van der Waals surface area (Å²) >= 11 is 0. The van der Waals surface area contributed by atoms with Crippen molar-refractivity contribution in [1.29, 1.82) is 5.26 Å².